The molecule has 0 saturated heterocycles. The number of hydrogen-bond donors (Lipinski definition) is 1. The molecular formula is C44H29N3S. The van der Waals surface area contributed by atoms with Crippen molar-refractivity contribution in [3.05, 3.63) is 186 Å². The van der Waals surface area contributed by atoms with E-state index in [1.165, 1.54) is 48.7 Å². The second kappa shape index (κ2) is 10.3. The highest BCUT2D eigenvalue weighted by molar-refractivity contribution is 7.99. The van der Waals surface area contributed by atoms with E-state index < -0.39 is 5.41 Å². The first kappa shape index (κ1) is 27.3. The fourth-order valence-electron chi connectivity index (χ4n) is 8.07. The molecule has 0 saturated carbocycles. The summed E-state index contributed by atoms with van der Waals surface area (Å²) in [7, 11) is 0. The number of imidazole rings is 1. The Morgan fingerprint density at radius 1 is 0.521 bits per heavy atom. The van der Waals surface area contributed by atoms with Crippen LogP contribution in [0.3, 0.4) is 0 Å². The quantitative estimate of drug-likeness (QED) is 0.197. The lowest BCUT2D eigenvalue weighted by atomic mass is 9.67. The predicted octanol–water partition coefficient (Wildman–Crippen LogP) is 10.8. The second-order valence-electron chi connectivity index (χ2n) is 12.5. The van der Waals surface area contributed by atoms with Crippen LogP contribution < -0.4 is 5.73 Å². The van der Waals surface area contributed by atoms with Crippen LogP contribution in [0.2, 0.25) is 0 Å². The molecule has 7 aromatic carbocycles. The number of nitrogens with zero attached hydrogens (tertiary/aromatic N) is 2. The molecule has 8 aromatic rings. The summed E-state index contributed by atoms with van der Waals surface area (Å²) in [4.78, 5) is 7.69. The molecular weight excluding hydrogens is 603 g/mol. The average Bonchev–Trinajstić information content (AvgIpc) is 3.67. The van der Waals surface area contributed by atoms with Crippen molar-refractivity contribution in [2.24, 2.45) is 0 Å². The molecule has 1 aliphatic carbocycles. The largest absolute Gasteiger partial charge is 0.399 e. The van der Waals surface area contributed by atoms with Gasteiger partial charge in [-0.1, -0.05) is 127 Å². The van der Waals surface area contributed by atoms with Gasteiger partial charge in [0.2, 0.25) is 0 Å². The van der Waals surface area contributed by atoms with Crippen molar-refractivity contribution in [1.82, 2.24) is 9.55 Å². The van der Waals surface area contributed by atoms with Gasteiger partial charge in [-0.25, -0.2) is 4.98 Å². The maximum absolute atomic E-state index is 6.55. The molecule has 2 N–H and O–H groups in total. The van der Waals surface area contributed by atoms with E-state index in [4.69, 9.17) is 10.7 Å². The van der Waals surface area contributed by atoms with Crippen LogP contribution in [0.4, 0.5) is 5.69 Å². The van der Waals surface area contributed by atoms with E-state index in [0.29, 0.717) is 0 Å². The smallest absolute Gasteiger partial charge is 0.145 e. The lowest BCUT2D eigenvalue weighted by Gasteiger charge is -2.39. The minimum Gasteiger partial charge on any atom is -0.399 e. The Kier molecular flexibility index (Phi) is 5.87. The van der Waals surface area contributed by atoms with Gasteiger partial charge in [-0.05, 0) is 93.0 Å². The van der Waals surface area contributed by atoms with Crippen LogP contribution >= 0.6 is 11.8 Å². The average molecular weight is 632 g/mol. The van der Waals surface area contributed by atoms with Crippen LogP contribution in [0, 0.1) is 0 Å². The first-order chi connectivity index (χ1) is 23.7. The Balaban J connectivity index is 1.19. The van der Waals surface area contributed by atoms with Gasteiger partial charge in [0.1, 0.15) is 5.82 Å². The number of nitrogen functional groups attached to an aromatic ring is 1. The van der Waals surface area contributed by atoms with Crippen molar-refractivity contribution in [2.45, 2.75) is 15.2 Å². The minimum atomic E-state index is -0.437. The number of fused-ring (bicyclic) bond motifs is 10. The Morgan fingerprint density at radius 2 is 1.17 bits per heavy atom. The van der Waals surface area contributed by atoms with Crippen LogP contribution in [0.25, 0.3) is 50.4 Å². The highest BCUT2D eigenvalue weighted by Crippen LogP contribution is 2.63. The van der Waals surface area contributed by atoms with Crippen molar-refractivity contribution in [1.29, 1.82) is 0 Å². The summed E-state index contributed by atoms with van der Waals surface area (Å²) in [6.45, 7) is 0. The van der Waals surface area contributed by atoms with Gasteiger partial charge in [0.15, 0.2) is 0 Å². The second-order valence-corrected chi connectivity index (χ2v) is 13.6. The van der Waals surface area contributed by atoms with Gasteiger partial charge in [0.25, 0.3) is 0 Å². The number of benzene rings is 7. The summed E-state index contributed by atoms with van der Waals surface area (Å²) in [6, 6.07) is 58.8. The monoisotopic (exact) mass is 631 g/mol. The normalized spacial score (nSPS) is 13.6. The van der Waals surface area contributed by atoms with E-state index >= 15 is 0 Å². The number of aromatic nitrogens is 2. The zero-order chi connectivity index (χ0) is 31.8. The zero-order valence-corrected chi connectivity index (χ0v) is 26.8. The molecule has 1 aromatic heterocycles. The number of rotatable bonds is 3. The van der Waals surface area contributed by atoms with Crippen molar-refractivity contribution in [2.75, 3.05) is 5.73 Å². The summed E-state index contributed by atoms with van der Waals surface area (Å²) in [6.07, 6.45) is 0. The fourth-order valence-corrected chi connectivity index (χ4v) is 9.26. The summed E-state index contributed by atoms with van der Waals surface area (Å²) in [5, 5.41) is 0. The SMILES string of the molecule is Nc1ccc2c(c1)-c1c(-c3ccc(-c4nc5ccccc5n4-c4ccccc4)cc3)cccc1C21c2ccccc2Sc2ccccc21. The summed E-state index contributed by atoms with van der Waals surface area (Å²) >= 11 is 1.86. The molecule has 4 heteroatoms. The molecule has 0 unspecified atom stereocenters. The molecule has 1 aliphatic heterocycles. The molecule has 226 valence electrons. The molecule has 0 amide bonds. The molecule has 1 spiro atoms. The Morgan fingerprint density at radius 3 is 1.94 bits per heavy atom. The topological polar surface area (TPSA) is 43.8 Å². The summed E-state index contributed by atoms with van der Waals surface area (Å²) in [5.74, 6) is 0.928. The van der Waals surface area contributed by atoms with Crippen molar-refractivity contribution in [3.8, 4) is 39.3 Å². The van der Waals surface area contributed by atoms with Crippen LogP contribution in [-0.2, 0) is 5.41 Å². The van der Waals surface area contributed by atoms with Crippen molar-refractivity contribution >= 4 is 28.5 Å². The summed E-state index contributed by atoms with van der Waals surface area (Å²) in [5.41, 5.74) is 21.2. The number of hydrogen-bond acceptors (Lipinski definition) is 3. The van der Waals surface area contributed by atoms with Gasteiger partial charge in [0, 0.05) is 26.7 Å². The highest BCUT2D eigenvalue weighted by atomic mass is 32.2. The summed E-state index contributed by atoms with van der Waals surface area (Å²) < 4.78 is 2.25. The molecule has 2 heterocycles. The maximum atomic E-state index is 6.55. The standard InChI is InChI=1S/C44H29N3S/c45-30-25-26-34-33(27-30)42-32(13-10-16-37(42)44(34)35-14-4-8-19-40(35)48-41-20-9-5-15-36(41)44)28-21-23-29(24-22-28)43-46-38-17-6-7-18-39(38)47(43)31-11-2-1-3-12-31/h1-27H,45H2. The van der Waals surface area contributed by atoms with Crippen LogP contribution in [-0.4, -0.2) is 9.55 Å². The molecule has 0 atom stereocenters. The van der Waals surface area contributed by atoms with Gasteiger partial charge in [-0.15, -0.1) is 0 Å². The molecule has 0 fully saturated rings. The van der Waals surface area contributed by atoms with Crippen molar-refractivity contribution < 1.29 is 0 Å². The van der Waals surface area contributed by atoms with Gasteiger partial charge in [-0.3, -0.25) is 4.57 Å². The third-order valence-corrected chi connectivity index (χ3v) is 11.2. The van der Waals surface area contributed by atoms with Gasteiger partial charge < -0.3 is 5.73 Å². The minimum absolute atomic E-state index is 0.437. The van der Waals surface area contributed by atoms with E-state index in [-0.39, 0.29) is 0 Å². The van der Waals surface area contributed by atoms with Gasteiger partial charge >= 0.3 is 0 Å². The molecule has 0 radical (unpaired) electrons. The third kappa shape index (κ3) is 3.75. The Bertz CT molecular complexity index is 2500. The van der Waals surface area contributed by atoms with Crippen LogP contribution in [0.5, 0.6) is 0 Å². The van der Waals surface area contributed by atoms with Crippen LogP contribution in [0.1, 0.15) is 22.3 Å². The lowest BCUT2D eigenvalue weighted by Crippen LogP contribution is -2.31. The Hall–Kier alpha value is -5.84. The van der Waals surface area contributed by atoms with Crippen molar-refractivity contribution in [3.63, 3.8) is 0 Å². The zero-order valence-electron chi connectivity index (χ0n) is 26.0. The van der Waals surface area contributed by atoms with Gasteiger partial charge in [0.05, 0.1) is 16.4 Å². The number of anilines is 1. The number of nitrogens with two attached hydrogens (primary N) is 1. The Labute approximate surface area is 283 Å². The van der Waals surface area contributed by atoms with Crippen LogP contribution in [0.15, 0.2) is 174 Å². The third-order valence-electron chi connectivity index (χ3n) is 10.0. The van der Waals surface area contributed by atoms with E-state index in [9.17, 15) is 0 Å². The molecule has 10 rings (SSSR count). The molecule has 0 bridgehead atoms. The first-order valence-corrected chi connectivity index (χ1v) is 17.1. The number of para-hydroxylation sites is 3. The highest BCUT2D eigenvalue weighted by Gasteiger charge is 2.50. The first-order valence-electron chi connectivity index (χ1n) is 16.3. The van der Waals surface area contributed by atoms with E-state index in [0.717, 1.165) is 39.4 Å². The molecule has 3 nitrogen and oxygen atoms in total. The van der Waals surface area contributed by atoms with E-state index in [1.807, 2.05) is 17.8 Å². The molecule has 2 aliphatic rings. The fraction of sp³-hybridized carbons (Fsp3) is 0.0227. The van der Waals surface area contributed by atoms with Gasteiger partial charge in [-0.2, -0.15) is 0 Å². The van der Waals surface area contributed by atoms with E-state index in [2.05, 4.69) is 162 Å². The maximum Gasteiger partial charge on any atom is 0.145 e. The van der Waals surface area contributed by atoms with E-state index in [1.54, 1.807) is 0 Å². The molecule has 48 heavy (non-hydrogen) atoms. The lowest BCUT2D eigenvalue weighted by molar-refractivity contribution is 0.722. The predicted molar refractivity (Wildman–Crippen MR) is 198 cm³/mol.